The molecule has 1 aliphatic heterocycles. The van der Waals surface area contributed by atoms with E-state index in [9.17, 15) is 4.79 Å². The molecule has 0 radical (unpaired) electrons. The summed E-state index contributed by atoms with van der Waals surface area (Å²) in [5.41, 5.74) is 0. The molecule has 1 aliphatic rings. The van der Waals surface area contributed by atoms with Crippen LogP contribution in [0.4, 0.5) is 0 Å². The van der Waals surface area contributed by atoms with Crippen LogP contribution in [0.3, 0.4) is 0 Å². The minimum atomic E-state index is 0.169. The van der Waals surface area contributed by atoms with Gasteiger partial charge in [0.25, 0.3) is 0 Å². The summed E-state index contributed by atoms with van der Waals surface area (Å²) in [7, 11) is 0. The van der Waals surface area contributed by atoms with Crippen molar-refractivity contribution in [2.45, 2.75) is 50.8 Å². The first kappa shape index (κ1) is 13.8. The third-order valence-corrected chi connectivity index (χ3v) is 4.54. The van der Waals surface area contributed by atoms with Gasteiger partial charge in [0, 0.05) is 23.8 Å². The van der Waals surface area contributed by atoms with Gasteiger partial charge in [-0.2, -0.15) is 11.8 Å². The standard InChI is InChI=1S/C12H24N2OS/c1-4-13-10(2)8-11(15)14-9-12(3)6-5-7-16-12/h10,13H,4-9H2,1-3H3,(H,14,15). The lowest BCUT2D eigenvalue weighted by molar-refractivity contribution is -0.121. The second-order valence-corrected chi connectivity index (χ2v) is 6.52. The molecule has 0 aromatic heterocycles. The molecular weight excluding hydrogens is 220 g/mol. The van der Waals surface area contributed by atoms with Crippen molar-refractivity contribution in [1.29, 1.82) is 0 Å². The van der Waals surface area contributed by atoms with Crippen LogP contribution in [0, 0.1) is 0 Å². The molecule has 1 heterocycles. The quantitative estimate of drug-likeness (QED) is 0.748. The molecule has 0 aromatic carbocycles. The van der Waals surface area contributed by atoms with E-state index in [1.807, 2.05) is 11.8 Å². The Bertz CT molecular complexity index is 227. The third-order valence-electron chi connectivity index (χ3n) is 3.00. The summed E-state index contributed by atoms with van der Waals surface area (Å²) in [6.45, 7) is 8.09. The molecule has 2 atom stereocenters. The van der Waals surface area contributed by atoms with Gasteiger partial charge in [0.15, 0.2) is 0 Å². The van der Waals surface area contributed by atoms with E-state index in [4.69, 9.17) is 0 Å². The highest BCUT2D eigenvalue weighted by molar-refractivity contribution is 8.00. The van der Waals surface area contributed by atoms with E-state index in [2.05, 4.69) is 31.4 Å². The number of nitrogens with one attached hydrogen (secondary N) is 2. The van der Waals surface area contributed by atoms with Crippen molar-refractivity contribution in [2.24, 2.45) is 0 Å². The smallest absolute Gasteiger partial charge is 0.221 e. The first-order valence-electron chi connectivity index (χ1n) is 6.20. The third kappa shape index (κ3) is 4.74. The maximum Gasteiger partial charge on any atom is 0.221 e. The summed E-state index contributed by atoms with van der Waals surface area (Å²) in [5.74, 6) is 1.40. The number of amides is 1. The van der Waals surface area contributed by atoms with Crippen molar-refractivity contribution in [2.75, 3.05) is 18.8 Å². The van der Waals surface area contributed by atoms with Gasteiger partial charge in [-0.3, -0.25) is 4.79 Å². The minimum absolute atomic E-state index is 0.169. The fourth-order valence-corrected chi connectivity index (χ4v) is 3.28. The van der Waals surface area contributed by atoms with Crippen LogP contribution in [0.25, 0.3) is 0 Å². The van der Waals surface area contributed by atoms with Crippen molar-refractivity contribution in [1.82, 2.24) is 10.6 Å². The maximum absolute atomic E-state index is 11.7. The number of thioether (sulfide) groups is 1. The SMILES string of the molecule is CCNC(C)CC(=O)NCC1(C)CCCS1. The average molecular weight is 244 g/mol. The van der Waals surface area contributed by atoms with Crippen LogP contribution in [0.5, 0.6) is 0 Å². The molecule has 1 amide bonds. The van der Waals surface area contributed by atoms with E-state index < -0.39 is 0 Å². The molecule has 0 aliphatic carbocycles. The van der Waals surface area contributed by atoms with Crippen LogP contribution in [-0.2, 0) is 4.79 Å². The normalized spacial score (nSPS) is 26.7. The molecule has 3 nitrogen and oxygen atoms in total. The molecule has 4 heteroatoms. The van der Waals surface area contributed by atoms with E-state index in [-0.39, 0.29) is 16.7 Å². The summed E-state index contributed by atoms with van der Waals surface area (Å²) in [6.07, 6.45) is 3.08. The lowest BCUT2D eigenvalue weighted by atomic mass is 10.1. The summed E-state index contributed by atoms with van der Waals surface area (Å²) >= 11 is 1.99. The monoisotopic (exact) mass is 244 g/mol. The lowest BCUT2D eigenvalue weighted by Gasteiger charge is -2.23. The van der Waals surface area contributed by atoms with Crippen LogP contribution >= 0.6 is 11.8 Å². The Morgan fingerprint density at radius 1 is 1.56 bits per heavy atom. The van der Waals surface area contributed by atoms with Gasteiger partial charge >= 0.3 is 0 Å². The van der Waals surface area contributed by atoms with Crippen molar-refractivity contribution in [3.8, 4) is 0 Å². The van der Waals surface area contributed by atoms with Crippen molar-refractivity contribution in [3.63, 3.8) is 0 Å². The lowest BCUT2D eigenvalue weighted by Crippen LogP contribution is -2.39. The molecule has 16 heavy (non-hydrogen) atoms. The van der Waals surface area contributed by atoms with Crippen LogP contribution in [0.2, 0.25) is 0 Å². The molecule has 0 aromatic rings. The summed E-state index contributed by atoms with van der Waals surface area (Å²) < 4.78 is 0.275. The summed E-state index contributed by atoms with van der Waals surface area (Å²) in [5, 5.41) is 6.30. The molecule has 2 N–H and O–H groups in total. The van der Waals surface area contributed by atoms with E-state index in [0.717, 1.165) is 13.1 Å². The van der Waals surface area contributed by atoms with Crippen molar-refractivity contribution >= 4 is 17.7 Å². The highest BCUT2D eigenvalue weighted by Crippen LogP contribution is 2.36. The van der Waals surface area contributed by atoms with E-state index in [0.29, 0.717) is 6.42 Å². The summed E-state index contributed by atoms with van der Waals surface area (Å²) in [6, 6.07) is 0.272. The van der Waals surface area contributed by atoms with Crippen LogP contribution in [0.1, 0.15) is 40.0 Å². The van der Waals surface area contributed by atoms with Gasteiger partial charge in [0.2, 0.25) is 5.91 Å². The van der Waals surface area contributed by atoms with Gasteiger partial charge in [0.1, 0.15) is 0 Å². The van der Waals surface area contributed by atoms with Crippen molar-refractivity contribution < 1.29 is 4.79 Å². The van der Waals surface area contributed by atoms with E-state index in [1.165, 1.54) is 18.6 Å². The Balaban J connectivity index is 2.19. The van der Waals surface area contributed by atoms with Gasteiger partial charge in [-0.25, -0.2) is 0 Å². The number of hydrogen-bond acceptors (Lipinski definition) is 3. The Kier molecular flexibility index (Phi) is 5.62. The number of hydrogen-bond donors (Lipinski definition) is 2. The zero-order chi connectivity index (χ0) is 12.0. The van der Waals surface area contributed by atoms with Gasteiger partial charge < -0.3 is 10.6 Å². The number of carbonyl (C=O) groups excluding carboxylic acids is 1. The fourth-order valence-electron chi connectivity index (χ4n) is 2.03. The fraction of sp³-hybridized carbons (Fsp3) is 0.917. The molecule has 1 rings (SSSR count). The first-order valence-corrected chi connectivity index (χ1v) is 7.18. The van der Waals surface area contributed by atoms with Crippen LogP contribution in [-0.4, -0.2) is 35.5 Å². The van der Waals surface area contributed by atoms with Gasteiger partial charge in [-0.15, -0.1) is 0 Å². The van der Waals surface area contributed by atoms with Gasteiger partial charge in [0.05, 0.1) is 0 Å². The highest BCUT2D eigenvalue weighted by atomic mass is 32.2. The van der Waals surface area contributed by atoms with Gasteiger partial charge in [-0.05, 0) is 39.0 Å². The molecule has 0 bridgehead atoms. The van der Waals surface area contributed by atoms with Crippen molar-refractivity contribution in [3.05, 3.63) is 0 Å². The van der Waals surface area contributed by atoms with Crippen LogP contribution in [0.15, 0.2) is 0 Å². The zero-order valence-electron chi connectivity index (χ0n) is 10.6. The van der Waals surface area contributed by atoms with E-state index >= 15 is 0 Å². The average Bonchev–Trinajstić information content (AvgIpc) is 2.63. The second-order valence-electron chi connectivity index (χ2n) is 4.84. The van der Waals surface area contributed by atoms with Gasteiger partial charge in [-0.1, -0.05) is 6.92 Å². The molecular formula is C12H24N2OS. The molecule has 94 valence electrons. The Hall–Kier alpha value is -0.220. The predicted molar refractivity (Wildman–Crippen MR) is 70.9 cm³/mol. The second kappa shape index (κ2) is 6.50. The Labute approximate surface area is 103 Å². The number of carbonyl (C=O) groups is 1. The molecule has 0 spiro atoms. The molecule has 2 unspecified atom stereocenters. The maximum atomic E-state index is 11.7. The Morgan fingerprint density at radius 2 is 2.31 bits per heavy atom. The minimum Gasteiger partial charge on any atom is -0.355 e. The molecule has 0 saturated carbocycles. The Morgan fingerprint density at radius 3 is 2.88 bits per heavy atom. The predicted octanol–water partition coefficient (Wildman–Crippen LogP) is 1.78. The topological polar surface area (TPSA) is 41.1 Å². The first-order chi connectivity index (χ1) is 7.56. The van der Waals surface area contributed by atoms with Crippen LogP contribution < -0.4 is 10.6 Å². The van der Waals surface area contributed by atoms with E-state index in [1.54, 1.807) is 0 Å². The highest BCUT2D eigenvalue weighted by Gasteiger charge is 2.29. The molecule has 1 fully saturated rings. The summed E-state index contributed by atoms with van der Waals surface area (Å²) in [4.78, 5) is 11.7. The largest absolute Gasteiger partial charge is 0.355 e. The molecule has 1 saturated heterocycles. The zero-order valence-corrected chi connectivity index (χ0v) is 11.5. The number of rotatable bonds is 6.